The van der Waals surface area contributed by atoms with Gasteiger partial charge in [0.15, 0.2) is 0 Å². The van der Waals surface area contributed by atoms with Gasteiger partial charge in [0, 0.05) is 38.2 Å². The van der Waals surface area contributed by atoms with Gasteiger partial charge in [-0.2, -0.15) is 0 Å². The molecule has 5 heteroatoms. The summed E-state index contributed by atoms with van der Waals surface area (Å²) in [5.74, 6) is 1.31. The van der Waals surface area contributed by atoms with Crippen LogP contribution < -0.4 is 10.1 Å². The lowest BCUT2D eigenvalue weighted by molar-refractivity contribution is -0.128. The highest BCUT2D eigenvalue weighted by atomic mass is 16.5. The number of nitrogens with one attached hydrogen (secondary N) is 1. The zero-order valence-corrected chi connectivity index (χ0v) is 15.4. The van der Waals surface area contributed by atoms with Crippen LogP contribution in [0.4, 0.5) is 0 Å². The fourth-order valence-electron chi connectivity index (χ4n) is 4.63. The van der Waals surface area contributed by atoms with Crippen molar-refractivity contribution >= 4 is 5.91 Å². The molecule has 1 aromatic rings. The van der Waals surface area contributed by atoms with Crippen molar-refractivity contribution in [3.8, 4) is 5.75 Å². The molecule has 1 spiro atoms. The van der Waals surface area contributed by atoms with Gasteiger partial charge in [0.25, 0.3) is 0 Å². The Morgan fingerprint density at radius 2 is 2.16 bits per heavy atom. The molecule has 5 nitrogen and oxygen atoms in total. The zero-order chi connectivity index (χ0) is 17.7. The summed E-state index contributed by atoms with van der Waals surface area (Å²) >= 11 is 0. The Morgan fingerprint density at radius 3 is 2.96 bits per heavy atom. The summed E-state index contributed by atoms with van der Waals surface area (Å²) < 4.78 is 10.5. The molecule has 1 aliphatic carbocycles. The molecule has 2 atom stereocenters. The molecule has 0 bridgehead atoms. The predicted molar refractivity (Wildman–Crippen MR) is 97.5 cm³/mol. The van der Waals surface area contributed by atoms with Crippen LogP contribution in [0.3, 0.4) is 0 Å². The summed E-state index contributed by atoms with van der Waals surface area (Å²) in [7, 11) is 3.39. The molecule has 2 aliphatic rings. The van der Waals surface area contributed by atoms with Crippen LogP contribution in [-0.2, 0) is 16.1 Å². The van der Waals surface area contributed by atoms with E-state index in [1.165, 1.54) is 5.56 Å². The molecule has 1 aromatic carbocycles. The van der Waals surface area contributed by atoms with E-state index in [0.717, 1.165) is 51.1 Å². The Labute approximate surface area is 150 Å². The van der Waals surface area contributed by atoms with Gasteiger partial charge in [-0.15, -0.1) is 0 Å². The lowest BCUT2D eigenvalue weighted by Gasteiger charge is -2.31. The Hall–Kier alpha value is -1.59. The average molecular weight is 346 g/mol. The third-order valence-corrected chi connectivity index (χ3v) is 5.88. The van der Waals surface area contributed by atoms with Crippen molar-refractivity contribution in [3.63, 3.8) is 0 Å². The lowest BCUT2D eigenvalue weighted by atomic mass is 9.76. The maximum absolute atomic E-state index is 12.6. The molecule has 138 valence electrons. The minimum Gasteiger partial charge on any atom is -0.496 e. The molecular weight excluding hydrogens is 316 g/mol. The van der Waals surface area contributed by atoms with E-state index in [0.29, 0.717) is 13.2 Å². The summed E-state index contributed by atoms with van der Waals surface area (Å²) in [5, 5.41) is 3.06. The third kappa shape index (κ3) is 3.98. The van der Waals surface area contributed by atoms with E-state index in [1.54, 1.807) is 14.2 Å². The summed E-state index contributed by atoms with van der Waals surface area (Å²) in [6.45, 7) is 4.13. The van der Waals surface area contributed by atoms with E-state index in [4.69, 9.17) is 9.47 Å². The first-order chi connectivity index (χ1) is 12.2. The quantitative estimate of drug-likeness (QED) is 0.771. The maximum Gasteiger partial charge on any atom is 0.223 e. The normalized spacial score (nSPS) is 26.2. The number of methoxy groups -OCH3 is 2. The zero-order valence-electron chi connectivity index (χ0n) is 15.4. The van der Waals surface area contributed by atoms with Gasteiger partial charge in [-0.3, -0.25) is 9.69 Å². The lowest BCUT2D eigenvalue weighted by Crippen LogP contribution is -2.41. The smallest absolute Gasteiger partial charge is 0.223 e. The first kappa shape index (κ1) is 18.2. The number of ether oxygens (including phenoxy) is 2. The molecule has 0 unspecified atom stereocenters. The number of para-hydroxylation sites is 1. The number of nitrogens with zero attached hydrogens (tertiary/aromatic N) is 1. The van der Waals surface area contributed by atoms with Gasteiger partial charge in [-0.05, 0) is 37.3 Å². The fraction of sp³-hybridized carbons (Fsp3) is 0.650. The minimum absolute atomic E-state index is 0.145. The Balaban J connectivity index is 1.63. The van der Waals surface area contributed by atoms with Crippen LogP contribution in [0.2, 0.25) is 0 Å². The summed E-state index contributed by atoms with van der Waals surface area (Å²) in [5.41, 5.74) is 1.38. The van der Waals surface area contributed by atoms with Crippen LogP contribution in [-0.4, -0.2) is 51.3 Å². The number of carbonyl (C=O) groups excluding carboxylic acids is 1. The standard InChI is InChI=1S/C20H30N2O3/c1-24-13-11-21-19(23)17-7-5-9-20(17)10-12-22(15-20)14-16-6-3-4-8-18(16)25-2/h3-4,6,8,17H,5,7,9-15H2,1-2H3,(H,21,23)/t17-,20-/m1/s1. The van der Waals surface area contributed by atoms with E-state index < -0.39 is 0 Å². The summed E-state index contributed by atoms with van der Waals surface area (Å²) in [6, 6.07) is 8.21. The van der Waals surface area contributed by atoms with Crippen LogP contribution in [0, 0.1) is 11.3 Å². The SMILES string of the molecule is COCCNC(=O)[C@H]1CCC[C@]12CCN(Cc1ccccc1OC)C2. The second-order valence-electron chi connectivity index (χ2n) is 7.36. The van der Waals surface area contributed by atoms with Crippen molar-refractivity contribution in [3.05, 3.63) is 29.8 Å². The van der Waals surface area contributed by atoms with E-state index in [1.807, 2.05) is 12.1 Å². The van der Waals surface area contributed by atoms with Crippen molar-refractivity contribution in [2.45, 2.75) is 32.2 Å². The van der Waals surface area contributed by atoms with E-state index >= 15 is 0 Å². The fourth-order valence-corrected chi connectivity index (χ4v) is 4.63. The molecule has 1 heterocycles. The third-order valence-electron chi connectivity index (χ3n) is 5.88. The highest BCUT2D eigenvalue weighted by molar-refractivity contribution is 5.80. The van der Waals surface area contributed by atoms with Crippen LogP contribution in [0.5, 0.6) is 5.75 Å². The summed E-state index contributed by atoms with van der Waals surface area (Å²) in [4.78, 5) is 15.1. The van der Waals surface area contributed by atoms with Crippen molar-refractivity contribution < 1.29 is 14.3 Å². The van der Waals surface area contributed by atoms with Crippen molar-refractivity contribution in [2.24, 2.45) is 11.3 Å². The van der Waals surface area contributed by atoms with Gasteiger partial charge in [-0.25, -0.2) is 0 Å². The van der Waals surface area contributed by atoms with Crippen LogP contribution >= 0.6 is 0 Å². The number of amides is 1. The monoisotopic (exact) mass is 346 g/mol. The van der Waals surface area contributed by atoms with Crippen molar-refractivity contribution in [1.82, 2.24) is 10.2 Å². The van der Waals surface area contributed by atoms with Gasteiger partial charge in [0.2, 0.25) is 5.91 Å². The van der Waals surface area contributed by atoms with E-state index in [9.17, 15) is 4.79 Å². The summed E-state index contributed by atoms with van der Waals surface area (Å²) in [6.07, 6.45) is 4.45. The largest absolute Gasteiger partial charge is 0.496 e. The Bertz CT molecular complexity index is 592. The van der Waals surface area contributed by atoms with Crippen LogP contribution in [0.25, 0.3) is 0 Å². The van der Waals surface area contributed by atoms with Gasteiger partial charge in [-0.1, -0.05) is 24.6 Å². The Kier molecular flexibility index (Phi) is 5.97. The molecule has 2 fully saturated rings. The number of likely N-dealkylation sites (tertiary alicyclic amines) is 1. The molecular formula is C20H30N2O3. The molecule has 0 aromatic heterocycles. The molecule has 0 radical (unpaired) electrons. The maximum atomic E-state index is 12.6. The first-order valence-electron chi connectivity index (χ1n) is 9.29. The highest BCUT2D eigenvalue weighted by Gasteiger charge is 2.50. The second-order valence-corrected chi connectivity index (χ2v) is 7.36. The molecule has 1 aliphatic heterocycles. The first-order valence-corrected chi connectivity index (χ1v) is 9.29. The second kappa shape index (κ2) is 8.19. The molecule has 1 saturated carbocycles. The molecule has 3 rings (SSSR count). The van der Waals surface area contributed by atoms with E-state index in [-0.39, 0.29) is 17.2 Å². The molecule has 1 N–H and O–H groups in total. The molecule has 1 saturated heterocycles. The highest BCUT2D eigenvalue weighted by Crippen LogP contribution is 2.50. The molecule has 1 amide bonds. The van der Waals surface area contributed by atoms with Crippen molar-refractivity contribution in [2.75, 3.05) is 40.5 Å². The van der Waals surface area contributed by atoms with Gasteiger partial charge >= 0.3 is 0 Å². The number of hydrogen-bond donors (Lipinski definition) is 1. The van der Waals surface area contributed by atoms with Crippen LogP contribution in [0.15, 0.2) is 24.3 Å². The average Bonchev–Trinajstić information content (AvgIpc) is 3.22. The van der Waals surface area contributed by atoms with E-state index in [2.05, 4.69) is 22.3 Å². The predicted octanol–water partition coefficient (Wildman–Crippen LogP) is 2.45. The van der Waals surface area contributed by atoms with Crippen LogP contribution in [0.1, 0.15) is 31.2 Å². The van der Waals surface area contributed by atoms with Crippen molar-refractivity contribution in [1.29, 1.82) is 0 Å². The number of carbonyl (C=O) groups is 1. The number of hydrogen-bond acceptors (Lipinski definition) is 4. The number of benzene rings is 1. The van der Waals surface area contributed by atoms with Gasteiger partial charge in [0.05, 0.1) is 13.7 Å². The Morgan fingerprint density at radius 1 is 1.32 bits per heavy atom. The van der Waals surface area contributed by atoms with Gasteiger partial charge < -0.3 is 14.8 Å². The minimum atomic E-state index is 0.145. The molecule has 25 heavy (non-hydrogen) atoms. The number of rotatable bonds is 7. The van der Waals surface area contributed by atoms with Gasteiger partial charge in [0.1, 0.15) is 5.75 Å². The topological polar surface area (TPSA) is 50.8 Å².